The summed E-state index contributed by atoms with van der Waals surface area (Å²) < 4.78 is 102. The standard InChI is InChI=1S/C28H18N8O17S3.3Na/c37-20-8-6-16(23(26(20)39)33-31-17-5-7-19(36(43)44)28(25(17)38)56(51,52)53)30-32-18-11-15(54(45,46)47)9-12-10-21(55(48,49)50)24(27(40)22(12)18)34-29-13-1-3-14(4-2-13)35(41)42;;;/h1-11,37-40H,(H,45,46,47)(H,48,49,50)(H,51,52,53);;;/q;3*+1/p-2. The maximum Gasteiger partial charge on any atom is 1.00 e. The molecule has 25 nitrogen and oxygen atoms in total. The summed E-state index contributed by atoms with van der Waals surface area (Å²) in [5.41, 5.74) is -5.99. The summed E-state index contributed by atoms with van der Waals surface area (Å²) in [6.45, 7) is 0. The van der Waals surface area contributed by atoms with Crippen LogP contribution in [0.15, 0.2) is 112 Å². The zero-order valence-corrected chi connectivity index (χ0v) is 38.2. The Morgan fingerprint density at radius 3 is 1.66 bits per heavy atom. The summed E-state index contributed by atoms with van der Waals surface area (Å²) in [4.78, 5) is 16.4. The van der Waals surface area contributed by atoms with Gasteiger partial charge in [0.15, 0.2) is 16.3 Å². The van der Waals surface area contributed by atoms with Crippen LogP contribution in [0.1, 0.15) is 0 Å². The first kappa shape index (κ1) is 51.0. The van der Waals surface area contributed by atoms with E-state index in [-0.39, 0.29) is 100 Å². The molecule has 0 fully saturated rings. The van der Waals surface area contributed by atoms with Gasteiger partial charge in [0.1, 0.15) is 22.0 Å². The first-order chi connectivity index (χ1) is 26.0. The largest absolute Gasteiger partial charge is 1.00 e. The van der Waals surface area contributed by atoms with E-state index < -0.39 is 123 Å². The zero-order chi connectivity index (χ0) is 41.5. The summed E-state index contributed by atoms with van der Waals surface area (Å²) in [6.07, 6.45) is 0. The Bertz CT molecular complexity index is 2950. The number of hydrogen-bond acceptors (Lipinski definition) is 20. The molecule has 5 N–H and O–H groups in total. The second-order valence-corrected chi connectivity index (χ2v) is 14.9. The van der Waals surface area contributed by atoms with E-state index in [9.17, 15) is 79.6 Å². The number of phenols is 2. The first-order valence-electron chi connectivity index (χ1n) is 14.3. The fourth-order valence-corrected chi connectivity index (χ4v) is 6.60. The molecule has 0 aliphatic rings. The van der Waals surface area contributed by atoms with Crippen molar-refractivity contribution in [2.45, 2.75) is 14.7 Å². The second kappa shape index (κ2) is 19.5. The van der Waals surface area contributed by atoms with Crippen LogP contribution in [0.2, 0.25) is 0 Å². The van der Waals surface area contributed by atoms with Crippen molar-refractivity contribution in [3.05, 3.63) is 87.0 Å². The third-order valence-electron chi connectivity index (χ3n) is 7.15. The van der Waals surface area contributed by atoms with Crippen molar-refractivity contribution >= 4 is 86.6 Å². The summed E-state index contributed by atoms with van der Waals surface area (Å²) in [6, 6.07) is 8.72. The van der Waals surface area contributed by atoms with E-state index in [2.05, 4.69) is 30.7 Å². The fraction of sp³-hybridized carbons (Fsp3) is 0. The van der Waals surface area contributed by atoms with Crippen LogP contribution in [0.4, 0.5) is 45.5 Å². The van der Waals surface area contributed by atoms with Gasteiger partial charge in [0, 0.05) is 18.2 Å². The number of nitrogens with zero attached hydrogens (tertiary/aromatic N) is 8. The van der Waals surface area contributed by atoms with E-state index in [4.69, 9.17) is 0 Å². The van der Waals surface area contributed by atoms with Crippen LogP contribution < -0.4 is 98.9 Å². The zero-order valence-electron chi connectivity index (χ0n) is 29.8. The van der Waals surface area contributed by atoms with E-state index in [1.165, 1.54) is 0 Å². The van der Waals surface area contributed by atoms with Crippen LogP contribution in [-0.2, 0) is 30.4 Å². The van der Waals surface area contributed by atoms with E-state index in [1.807, 2.05) is 0 Å². The van der Waals surface area contributed by atoms with Crippen LogP contribution in [0, 0.1) is 20.2 Å². The van der Waals surface area contributed by atoms with Gasteiger partial charge in [-0.05, 0) is 47.9 Å². The van der Waals surface area contributed by atoms with Crippen LogP contribution >= 0.6 is 0 Å². The number of azo groups is 3. The number of hydrogen-bond donors (Lipinski definition) is 5. The minimum Gasteiger partial charge on any atom is -0.870 e. The fourth-order valence-electron chi connectivity index (χ4n) is 4.66. The Labute approximate surface area is 395 Å². The molecule has 5 aromatic rings. The van der Waals surface area contributed by atoms with Gasteiger partial charge in [0.25, 0.3) is 31.6 Å². The quantitative estimate of drug-likeness (QED) is 0.0279. The van der Waals surface area contributed by atoms with Gasteiger partial charge in [0.05, 0.1) is 37.2 Å². The van der Waals surface area contributed by atoms with Gasteiger partial charge in [-0.3, -0.25) is 33.9 Å². The van der Waals surface area contributed by atoms with Gasteiger partial charge in [-0.15, -0.1) is 20.5 Å². The summed E-state index contributed by atoms with van der Waals surface area (Å²) in [5.74, 6) is -5.23. The molecule has 0 saturated heterocycles. The number of phenolic OH excluding ortho intramolecular Hbond substituents is 2. The third kappa shape index (κ3) is 11.4. The van der Waals surface area contributed by atoms with Crippen molar-refractivity contribution in [1.82, 2.24) is 0 Å². The molecule has 59 heavy (non-hydrogen) atoms. The second-order valence-electron chi connectivity index (χ2n) is 10.7. The molecule has 0 saturated carbocycles. The average molecular weight is 902 g/mol. The molecule has 0 amide bonds. The summed E-state index contributed by atoms with van der Waals surface area (Å²) in [5, 5.41) is 89.6. The molecule has 31 heteroatoms. The number of fused-ring (bicyclic) bond motifs is 1. The van der Waals surface area contributed by atoms with Gasteiger partial charge in [-0.2, -0.15) is 35.5 Å². The van der Waals surface area contributed by atoms with Crippen LogP contribution in [0.3, 0.4) is 0 Å². The topological polar surface area (TPSA) is 410 Å². The summed E-state index contributed by atoms with van der Waals surface area (Å²) in [7, 11) is -15.9. The molecule has 290 valence electrons. The first-order valence-corrected chi connectivity index (χ1v) is 18.6. The molecular weight excluding hydrogens is 886 g/mol. The molecule has 0 atom stereocenters. The Kier molecular flexibility index (Phi) is 16.9. The molecule has 0 aliphatic carbocycles. The van der Waals surface area contributed by atoms with E-state index in [0.717, 1.165) is 30.3 Å². The minimum atomic E-state index is -5.50. The molecule has 0 unspecified atom stereocenters. The van der Waals surface area contributed by atoms with Crippen LogP contribution in [0.5, 0.6) is 23.0 Å². The Balaban J connectivity index is 0.00000400. The molecule has 0 bridgehead atoms. The molecule has 0 heterocycles. The van der Waals surface area contributed by atoms with Crippen molar-refractivity contribution in [2.24, 2.45) is 30.7 Å². The van der Waals surface area contributed by atoms with Gasteiger partial charge >= 0.3 is 98.8 Å². The number of non-ortho nitro benzene ring substituents is 1. The number of nitro groups is 2. The smallest absolute Gasteiger partial charge is 0.870 e. The van der Waals surface area contributed by atoms with Crippen molar-refractivity contribution in [2.75, 3.05) is 0 Å². The predicted molar refractivity (Wildman–Crippen MR) is 181 cm³/mol. The summed E-state index contributed by atoms with van der Waals surface area (Å²) >= 11 is 0. The Morgan fingerprint density at radius 2 is 1.12 bits per heavy atom. The van der Waals surface area contributed by atoms with Gasteiger partial charge < -0.3 is 20.4 Å². The van der Waals surface area contributed by atoms with Crippen molar-refractivity contribution in [1.29, 1.82) is 0 Å². The molecule has 0 aromatic heterocycles. The monoisotopic (exact) mass is 901 g/mol. The molecule has 5 rings (SSSR count). The SMILES string of the molecule is O=[N+]([O-])c1ccc(N=Nc2c(S(=O)(=O)O)cc3cc(S(=O)(=O)O)cc(N=Nc4ccc([O-])c(O)c4N=Nc4ccc([N+](=O)[O-])c(S(=O)(=O)O)c4[O-])c3c2O)cc1.[Na+].[Na+].[Na+]. The van der Waals surface area contributed by atoms with E-state index >= 15 is 0 Å². The van der Waals surface area contributed by atoms with E-state index in [0.29, 0.717) is 36.4 Å². The van der Waals surface area contributed by atoms with Gasteiger partial charge in [-0.25, -0.2) is 0 Å². The molecule has 0 aliphatic heterocycles. The maximum atomic E-state index is 12.7. The van der Waals surface area contributed by atoms with Crippen molar-refractivity contribution < 1.29 is 158 Å². The van der Waals surface area contributed by atoms with Crippen molar-refractivity contribution in [3.8, 4) is 23.0 Å². The molecular formula is C28H16N8Na3O17S3+. The average Bonchev–Trinajstić information content (AvgIpc) is 3.09. The van der Waals surface area contributed by atoms with Crippen LogP contribution in [0.25, 0.3) is 10.8 Å². The van der Waals surface area contributed by atoms with Gasteiger partial charge in [-0.1, -0.05) is 17.6 Å². The predicted octanol–water partition coefficient (Wildman–Crippen LogP) is -3.79. The molecule has 5 aromatic carbocycles. The number of benzene rings is 5. The normalized spacial score (nSPS) is 12.0. The Morgan fingerprint density at radius 1 is 0.559 bits per heavy atom. The minimum absolute atomic E-state index is 0. The van der Waals surface area contributed by atoms with Crippen LogP contribution in [-0.4, -0.2) is 59.0 Å². The van der Waals surface area contributed by atoms with Gasteiger partial charge in [0.2, 0.25) is 0 Å². The maximum absolute atomic E-state index is 12.7. The number of aromatic hydroxyl groups is 2. The number of nitro benzene ring substituents is 2. The Hall–Kier alpha value is -4.11. The van der Waals surface area contributed by atoms with Crippen molar-refractivity contribution in [3.63, 3.8) is 0 Å². The third-order valence-corrected chi connectivity index (χ3v) is 9.75. The molecule has 0 radical (unpaired) electrons. The van der Waals surface area contributed by atoms with E-state index in [1.54, 1.807) is 0 Å². The molecule has 0 spiro atoms. The number of rotatable bonds is 11.